The van der Waals surface area contributed by atoms with E-state index in [1.54, 1.807) is 26.2 Å². The summed E-state index contributed by atoms with van der Waals surface area (Å²) in [6.45, 7) is 2.42. The average Bonchev–Trinajstić information content (AvgIpc) is 3.41. The van der Waals surface area contributed by atoms with Crippen LogP contribution in [-0.4, -0.2) is 35.3 Å². The number of nitrogens with one attached hydrogen (secondary N) is 1. The highest BCUT2D eigenvalue weighted by atomic mass is 32.2. The summed E-state index contributed by atoms with van der Waals surface area (Å²) in [5, 5.41) is 10.9. The molecule has 4 rings (SSSR count). The monoisotopic (exact) mass is 413 g/mol. The molecule has 1 aliphatic heterocycles. The molecule has 8 nitrogen and oxygen atoms in total. The molecule has 0 saturated carbocycles. The van der Waals surface area contributed by atoms with Crippen molar-refractivity contribution in [2.24, 2.45) is 0 Å². The summed E-state index contributed by atoms with van der Waals surface area (Å²) in [6, 6.07) is 12.9. The first kappa shape index (κ1) is 19.1. The van der Waals surface area contributed by atoms with Crippen molar-refractivity contribution in [1.29, 1.82) is 0 Å². The molecule has 1 atom stereocenters. The summed E-state index contributed by atoms with van der Waals surface area (Å²) in [7, 11) is 1.62. The number of ether oxygens (including phenoxy) is 3. The molecule has 0 aliphatic carbocycles. The van der Waals surface area contributed by atoms with Crippen LogP contribution in [0.2, 0.25) is 0 Å². The first-order valence-corrected chi connectivity index (χ1v) is 9.81. The van der Waals surface area contributed by atoms with E-state index in [0.717, 1.165) is 16.9 Å². The predicted molar refractivity (Wildman–Crippen MR) is 106 cm³/mol. The summed E-state index contributed by atoms with van der Waals surface area (Å²) in [5.74, 6) is 2.34. The zero-order valence-corrected chi connectivity index (χ0v) is 16.7. The third-order valence-electron chi connectivity index (χ3n) is 4.30. The number of hydrogen-bond donors (Lipinski definition) is 1. The number of rotatable bonds is 7. The van der Waals surface area contributed by atoms with Crippen molar-refractivity contribution in [2.45, 2.75) is 23.9 Å². The Kier molecular flexibility index (Phi) is 5.57. The van der Waals surface area contributed by atoms with Gasteiger partial charge in [0.25, 0.3) is 5.22 Å². The van der Waals surface area contributed by atoms with Crippen molar-refractivity contribution in [3.63, 3.8) is 0 Å². The zero-order chi connectivity index (χ0) is 20.2. The SMILES string of the molecule is COc1ccc(CNC(=O)[C@H](C)Sc2nnc(-c3ccc4c(c3)OCO4)o2)cc1. The Hall–Kier alpha value is -3.20. The number of nitrogens with zero attached hydrogens (tertiary/aromatic N) is 2. The minimum absolute atomic E-state index is 0.117. The van der Waals surface area contributed by atoms with E-state index in [1.807, 2.05) is 30.3 Å². The second kappa shape index (κ2) is 8.44. The number of benzene rings is 2. The lowest BCUT2D eigenvalue weighted by Gasteiger charge is -2.10. The fourth-order valence-electron chi connectivity index (χ4n) is 2.68. The van der Waals surface area contributed by atoms with Crippen LogP contribution in [0, 0.1) is 0 Å². The number of hydrogen-bond acceptors (Lipinski definition) is 8. The molecular formula is C20H19N3O5S. The number of fused-ring (bicyclic) bond motifs is 1. The van der Waals surface area contributed by atoms with Crippen molar-refractivity contribution in [2.75, 3.05) is 13.9 Å². The molecule has 1 aromatic heterocycles. The molecule has 0 unspecified atom stereocenters. The third kappa shape index (κ3) is 4.45. The van der Waals surface area contributed by atoms with Gasteiger partial charge in [0, 0.05) is 12.1 Å². The van der Waals surface area contributed by atoms with Crippen LogP contribution in [0.15, 0.2) is 52.1 Å². The van der Waals surface area contributed by atoms with E-state index < -0.39 is 5.25 Å². The largest absolute Gasteiger partial charge is 0.497 e. The quantitative estimate of drug-likeness (QED) is 0.590. The van der Waals surface area contributed by atoms with Crippen LogP contribution in [0.4, 0.5) is 0 Å². The van der Waals surface area contributed by atoms with Crippen molar-refractivity contribution in [1.82, 2.24) is 15.5 Å². The van der Waals surface area contributed by atoms with E-state index in [4.69, 9.17) is 18.6 Å². The van der Waals surface area contributed by atoms with Crippen molar-refractivity contribution in [3.8, 4) is 28.7 Å². The molecule has 2 heterocycles. The van der Waals surface area contributed by atoms with Crippen LogP contribution in [0.5, 0.6) is 17.2 Å². The lowest BCUT2D eigenvalue weighted by atomic mass is 10.2. The van der Waals surface area contributed by atoms with E-state index in [2.05, 4.69) is 15.5 Å². The van der Waals surface area contributed by atoms with Crippen LogP contribution in [0.1, 0.15) is 12.5 Å². The van der Waals surface area contributed by atoms with Gasteiger partial charge in [-0.15, -0.1) is 10.2 Å². The number of carbonyl (C=O) groups is 1. The minimum Gasteiger partial charge on any atom is -0.497 e. The molecule has 3 aromatic rings. The standard InChI is InChI=1S/C20H19N3O5S/c1-12(18(24)21-10-13-3-6-15(25-2)7-4-13)29-20-23-22-19(28-20)14-5-8-16-17(9-14)27-11-26-16/h3-9,12H,10-11H2,1-2H3,(H,21,24)/t12-/m0/s1. The van der Waals surface area contributed by atoms with Crippen molar-refractivity contribution in [3.05, 3.63) is 48.0 Å². The van der Waals surface area contributed by atoms with Gasteiger partial charge in [-0.3, -0.25) is 4.79 Å². The Morgan fingerprint density at radius 1 is 1.17 bits per heavy atom. The molecule has 0 radical (unpaired) electrons. The zero-order valence-electron chi connectivity index (χ0n) is 15.9. The van der Waals surface area contributed by atoms with Crippen LogP contribution in [0.25, 0.3) is 11.5 Å². The van der Waals surface area contributed by atoms with Gasteiger partial charge in [-0.05, 0) is 42.8 Å². The third-order valence-corrected chi connectivity index (χ3v) is 5.23. The molecular weight excluding hydrogens is 394 g/mol. The number of amides is 1. The molecule has 29 heavy (non-hydrogen) atoms. The van der Waals surface area contributed by atoms with Gasteiger partial charge >= 0.3 is 0 Å². The highest BCUT2D eigenvalue weighted by Gasteiger charge is 2.20. The lowest BCUT2D eigenvalue weighted by Crippen LogP contribution is -2.30. The average molecular weight is 413 g/mol. The van der Waals surface area contributed by atoms with Crippen LogP contribution in [-0.2, 0) is 11.3 Å². The van der Waals surface area contributed by atoms with Gasteiger partial charge in [0.15, 0.2) is 11.5 Å². The van der Waals surface area contributed by atoms with E-state index in [1.165, 1.54) is 11.8 Å². The van der Waals surface area contributed by atoms with Crippen molar-refractivity contribution < 1.29 is 23.4 Å². The highest BCUT2D eigenvalue weighted by molar-refractivity contribution is 8.00. The summed E-state index contributed by atoms with van der Waals surface area (Å²) in [6.07, 6.45) is 0. The maximum atomic E-state index is 12.4. The predicted octanol–water partition coefficient (Wildman–Crippen LogP) is 3.27. The molecule has 0 saturated heterocycles. The Labute approximate surface area is 171 Å². The Bertz CT molecular complexity index is 1010. The van der Waals surface area contributed by atoms with Gasteiger partial charge in [-0.2, -0.15) is 0 Å². The molecule has 9 heteroatoms. The van der Waals surface area contributed by atoms with Crippen LogP contribution >= 0.6 is 11.8 Å². The lowest BCUT2D eigenvalue weighted by molar-refractivity contribution is -0.120. The number of carbonyl (C=O) groups excluding carboxylic acids is 1. The molecule has 0 spiro atoms. The van der Waals surface area contributed by atoms with Gasteiger partial charge in [-0.1, -0.05) is 23.9 Å². The molecule has 1 amide bonds. The summed E-state index contributed by atoms with van der Waals surface area (Å²) in [4.78, 5) is 12.4. The van der Waals surface area contributed by atoms with E-state index in [9.17, 15) is 4.79 Å². The van der Waals surface area contributed by atoms with E-state index >= 15 is 0 Å². The second-order valence-corrected chi connectivity index (χ2v) is 7.56. The summed E-state index contributed by atoms with van der Waals surface area (Å²) < 4.78 is 21.5. The Morgan fingerprint density at radius 2 is 1.97 bits per heavy atom. The second-order valence-electron chi connectivity index (χ2n) is 6.27. The normalized spacial score (nSPS) is 13.2. The topological polar surface area (TPSA) is 95.7 Å². The number of aromatic nitrogens is 2. The van der Waals surface area contributed by atoms with E-state index in [-0.39, 0.29) is 12.7 Å². The fraction of sp³-hybridized carbons (Fsp3) is 0.250. The van der Waals surface area contributed by atoms with Gasteiger partial charge in [0.2, 0.25) is 18.6 Å². The van der Waals surface area contributed by atoms with Gasteiger partial charge in [0.05, 0.1) is 12.4 Å². The minimum atomic E-state index is -0.390. The van der Waals surface area contributed by atoms with Crippen LogP contribution < -0.4 is 19.5 Å². The number of thioether (sulfide) groups is 1. The molecule has 2 aromatic carbocycles. The molecule has 1 N–H and O–H groups in total. The molecule has 0 fully saturated rings. The fourth-order valence-corrected chi connectivity index (χ4v) is 3.39. The highest BCUT2D eigenvalue weighted by Crippen LogP contribution is 2.36. The maximum Gasteiger partial charge on any atom is 0.277 e. The molecule has 150 valence electrons. The molecule has 1 aliphatic rings. The van der Waals surface area contributed by atoms with E-state index in [0.29, 0.717) is 29.2 Å². The van der Waals surface area contributed by atoms with Crippen molar-refractivity contribution >= 4 is 17.7 Å². The van der Waals surface area contributed by atoms with Gasteiger partial charge in [0.1, 0.15) is 5.75 Å². The first-order chi connectivity index (χ1) is 14.1. The first-order valence-electron chi connectivity index (χ1n) is 8.93. The van der Waals surface area contributed by atoms with Gasteiger partial charge in [-0.25, -0.2) is 0 Å². The van der Waals surface area contributed by atoms with Crippen LogP contribution in [0.3, 0.4) is 0 Å². The summed E-state index contributed by atoms with van der Waals surface area (Å²) >= 11 is 1.21. The number of methoxy groups -OCH3 is 1. The smallest absolute Gasteiger partial charge is 0.277 e. The maximum absolute atomic E-state index is 12.4. The Balaban J connectivity index is 1.33. The van der Waals surface area contributed by atoms with Gasteiger partial charge < -0.3 is 23.9 Å². The summed E-state index contributed by atoms with van der Waals surface area (Å²) in [5.41, 5.74) is 1.71. The Morgan fingerprint density at radius 3 is 2.76 bits per heavy atom. The molecule has 0 bridgehead atoms.